The van der Waals surface area contributed by atoms with Crippen molar-refractivity contribution in [3.05, 3.63) is 30.3 Å². The van der Waals surface area contributed by atoms with E-state index in [-0.39, 0.29) is 0 Å². The summed E-state index contributed by atoms with van der Waals surface area (Å²) in [6.07, 6.45) is -0.491. The Balaban J connectivity index is 2.58. The molecule has 0 spiro atoms. The first-order chi connectivity index (χ1) is 8.46. The van der Waals surface area contributed by atoms with Gasteiger partial charge in [-0.05, 0) is 18.6 Å². The Morgan fingerprint density at radius 1 is 1.28 bits per heavy atom. The average molecular weight is 267 g/mol. The Morgan fingerprint density at radius 2 is 1.89 bits per heavy atom. The van der Waals surface area contributed by atoms with Gasteiger partial charge in [-0.15, -0.1) is 4.39 Å². The number of hydrogen-bond donors (Lipinski definition) is 0. The predicted molar refractivity (Wildman–Crippen MR) is 77.7 cm³/mol. The molecule has 0 aliphatic heterocycles. The topological polar surface area (TPSA) is 20.3 Å². The second kappa shape index (κ2) is 6.68. The van der Waals surface area contributed by atoms with Crippen LogP contribution in [-0.4, -0.2) is 20.8 Å². The van der Waals surface area contributed by atoms with E-state index < -0.39 is 14.2 Å². The van der Waals surface area contributed by atoms with Gasteiger partial charge in [0.15, 0.2) is 0 Å². The normalized spacial score (nSPS) is 11.3. The minimum absolute atomic E-state index is 0.468. The number of anilines is 1. The lowest BCUT2D eigenvalue weighted by molar-refractivity contribution is 0.228. The van der Waals surface area contributed by atoms with Crippen molar-refractivity contribution in [2.75, 3.05) is 11.4 Å². The van der Waals surface area contributed by atoms with E-state index in [0.717, 1.165) is 12.5 Å². The van der Waals surface area contributed by atoms with Crippen LogP contribution < -0.4 is 4.90 Å². The van der Waals surface area contributed by atoms with Gasteiger partial charge in [0, 0.05) is 20.3 Å². The van der Waals surface area contributed by atoms with Gasteiger partial charge in [-0.1, -0.05) is 50.3 Å². The highest BCUT2D eigenvalue weighted by Crippen LogP contribution is 2.20. The second-order valence-corrected chi connectivity index (χ2v) is 10.9. The maximum atomic E-state index is 13.1. The van der Waals surface area contributed by atoms with Crippen LogP contribution in [0.3, 0.4) is 0 Å². The van der Waals surface area contributed by atoms with Gasteiger partial charge in [-0.2, -0.15) is 0 Å². The molecular weight excluding hydrogens is 245 g/mol. The smallest absolute Gasteiger partial charge is 0.284 e. The minimum atomic E-state index is -1.36. The number of carbonyl (C=O) groups is 1. The number of para-hydroxylation sites is 1. The third kappa shape index (κ3) is 4.60. The SMILES string of the molecule is CC[Si](C)(C)CCCN(C(=O)F)c1ccccc1. The number of carbonyl (C=O) groups excluding carboxylic acids is 1. The first kappa shape index (κ1) is 14.9. The van der Waals surface area contributed by atoms with Gasteiger partial charge in [-0.3, -0.25) is 4.90 Å². The van der Waals surface area contributed by atoms with Crippen LogP contribution >= 0.6 is 0 Å². The fraction of sp³-hybridized carbons (Fsp3) is 0.500. The zero-order chi connectivity index (χ0) is 13.6. The minimum Gasteiger partial charge on any atom is -0.284 e. The van der Waals surface area contributed by atoms with Crippen molar-refractivity contribution in [3.8, 4) is 0 Å². The molecule has 100 valence electrons. The summed E-state index contributed by atoms with van der Waals surface area (Å²) < 4.78 is 13.1. The molecule has 1 amide bonds. The third-order valence-corrected chi connectivity index (χ3v) is 7.09. The molecule has 18 heavy (non-hydrogen) atoms. The molecule has 1 aromatic carbocycles. The zero-order valence-corrected chi connectivity index (χ0v) is 12.4. The monoisotopic (exact) mass is 267 g/mol. The third-order valence-electron chi connectivity index (χ3n) is 3.47. The Labute approximate surface area is 110 Å². The van der Waals surface area contributed by atoms with E-state index in [1.165, 1.54) is 10.9 Å². The molecule has 0 aromatic heterocycles. The van der Waals surface area contributed by atoms with Crippen molar-refractivity contribution in [2.45, 2.75) is 38.5 Å². The van der Waals surface area contributed by atoms with Gasteiger partial charge in [0.1, 0.15) is 0 Å². The van der Waals surface area contributed by atoms with E-state index in [4.69, 9.17) is 0 Å². The van der Waals surface area contributed by atoms with Gasteiger partial charge in [0.05, 0.1) is 0 Å². The molecule has 0 saturated heterocycles. The lowest BCUT2D eigenvalue weighted by Gasteiger charge is -2.23. The molecular formula is C14H22FNOSi. The molecule has 0 unspecified atom stereocenters. The van der Waals surface area contributed by atoms with Gasteiger partial charge in [0.25, 0.3) is 0 Å². The van der Waals surface area contributed by atoms with Crippen molar-refractivity contribution >= 4 is 19.9 Å². The molecule has 0 bridgehead atoms. The van der Waals surface area contributed by atoms with E-state index in [2.05, 4.69) is 20.0 Å². The molecule has 0 aliphatic carbocycles. The summed E-state index contributed by atoms with van der Waals surface area (Å²) in [5, 5.41) is 0. The van der Waals surface area contributed by atoms with Crippen molar-refractivity contribution in [3.63, 3.8) is 0 Å². The highest BCUT2D eigenvalue weighted by molar-refractivity contribution is 6.77. The molecule has 0 heterocycles. The lowest BCUT2D eigenvalue weighted by Crippen LogP contribution is -2.30. The van der Waals surface area contributed by atoms with Crippen LogP contribution in [-0.2, 0) is 0 Å². The van der Waals surface area contributed by atoms with Crippen LogP contribution in [0.2, 0.25) is 25.2 Å². The number of benzene rings is 1. The number of halogens is 1. The molecule has 0 aliphatic rings. The fourth-order valence-electron chi connectivity index (χ4n) is 1.82. The Kier molecular flexibility index (Phi) is 5.53. The lowest BCUT2D eigenvalue weighted by atomic mass is 10.3. The van der Waals surface area contributed by atoms with Crippen molar-refractivity contribution in [1.82, 2.24) is 0 Å². The van der Waals surface area contributed by atoms with Crippen LogP contribution in [0.25, 0.3) is 0 Å². The Morgan fingerprint density at radius 3 is 2.39 bits per heavy atom. The van der Waals surface area contributed by atoms with Crippen molar-refractivity contribution in [1.29, 1.82) is 0 Å². The maximum absolute atomic E-state index is 13.1. The molecule has 0 atom stereocenters. The van der Waals surface area contributed by atoms with E-state index in [1.807, 2.05) is 18.2 Å². The van der Waals surface area contributed by atoms with Crippen LogP contribution in [0.1, 0.15) is 13.3 Å². The molecule has 0 N–H and O–H groups in total. The standard InChI is InChI=1S/C14H22FNOSi/c1-4-18(2,3)12-8-11-16(14(15)17)13-9-6-5-7-10-13/h5-7,9-10H,4,8,11-12H2,1-3H3. The van der Waals surface area contributed by atoms with Crippen LogP contribution in [0, 0.1) is 0 Å². The zero-order valence-electron chi connectivity index (χ0n) is 11.4. The molecule has 0 saturated carbocycles. The predicted octanol–water partition coefficient (Wildman–Crippen LogP) is 4.70. The number of amides is 1. The van der Waals surface area contributed by atoms with Gasteiger partial charge in [-0.25, -0.2) is 4.79 Å². The van der Waals surface area contributed by atoms with Gasteiger partial charge >= 0.3 is 6.16 Å². The Bertz CT molecular complexity index is 381. The Hall–Kier alpha value is -1.16. The summed E-state index contributed by atoms with van der Waals surface area (Å²) in [6.45, 7) is 7.34. The number of rotatable bonds is 6. The summed E-state index contributed by atoms with van der Waals surface area (Å²) in [5.74, 6) is 0. The summed E-state index contributed by atoms with van der Waals surface area (Å²) in [7, 11) is -1.14. The van der Waals surface area contributed by atoms with Gasteiger partial charge < -0.3 is 0 Å². The van der Waals surface area contributed by atoms with Gasteiger partial charge in [0.2, 0.25) is 0 Å². The van der Waals surface area contributed by atoms with Crippen molar-refractivity contribution < 1.29 is 9.18 Å². The summed E-state index contributed by atoms with van der Waals surface area (Å²) >= 11 is 0. The number of hydrogen-bond acceptors (Lipinski definition) is 1. The molecule has 0 radical (unpaired) electrons. The van der Waals surface area contributed by atoms with Crippen LogP contribution in [0.15, 0.2) is 30.3 Å². The van der Waals surface area contributed by atoms with Crippen LogP contribution in [0.5, 0.6) is 0 Å². The average Bonchev–Trinajstić information content (AvgIpc) is 2.35. The quantitative estimate of drug-likeness (QED) is 0.415. The summed E-state index contributed by atoms with van der Waals surface area (Å²) in [5.41, 5.74) is 0.640. The summed E-state index contributed by atoms with van der Waals surface area (Å²) in [4.78, 5) is 12.3. The van der Waals surface area contributed by atoms with E-state index in [1.54, 1.807) is 12.1 Å². The molecule has 4 heteroatoms. The van der Waals surface area contributed by atoms with E-state index in [9.17, 15) is 9.18 Å². The van der Waals surface area contributed by atoms with E-state index in [0.29, 0.717) is 12.2 Å². The molecule has 0 fully saturated rings. The first-order valence-electron chi connectivity index (χ1n) is 6.48. The number of nitrogens with zero attached hydrogens (tertiary/aromatic N) is 1. The van der Waals surface area contributed by atoms with Crippen LogP contribution in [0.4, 0.5) is 14.9 Å². The second-order valence-electron chi connectivity index (χ2n) is 5.36. The van der Waals surface area contributed by atoms with E-state index >= 15 is 0 Å². The molecule has 2 nitrogen and oxygen atoms in total. The molecule has 1 rings (SSSR count). The highest BCUT2D eigenvalue weighted by Gasteiger charge is 2.19. The molecule has 1 aromatic rings. The fourth-order valence-corrected chi connectivity index (χ4v) is 3.29. The maximum Gasteiger partial charge on any atom is 0.404 e. The highest BCUT2D eigenvalue weighted by atomic mass is 28.3. The largest absolute Gasteiger partial charge is 0.404 e. The summed E-state index contributed by atoms with van der Waals surface area (Å²) in [6, 6.07) is 11.4. The van der Waals surface area contributed by atoms with Crippen molar-refractivity contribution in [2.24, 2.45) is 0 Å². The first-order valence-corrected chi connectivity index (χ1v) is 9.90.